The molecule has 0 heterocycles. The minimum absolute atomic E-state index is 0.217. The van der Waals surface area contributed by atoms with Crippen LogP contribution in [0.1, 0.15) is 33.1 Å². The van der Waals surface area contributed by atoms with Crippen molar-refractivity contribution in [2.45, 2.75) is 38.4 Å². The summed E-state index contributed by atoms with van der Waals surface area (Å²) in [5.41, 5.74) is 0. The van der Waals surface area contributed by atoms with Crippen molar-refractivity contribution in [3.8, 4) is 0 Å². The van der Waals surface area contributed by atoms with Gasteiger partial charge in [-0.15, -0.1) is 11.8 Å². The molecule has 1 atom stereocenters. The second-order valence-electron chi connectivity index (χ2n) is 3.44. The van der Waals surface area contributed by atoms with E-state index >= 15 is 0 Å². The average molecular weight is 280 g/mol. The highest BCUT2D eigenvalue weighted by molar-refractivity contribution is 8.00. The molecule has 0 aromatic rings. The first kappa shape index (κ1) is 16.6. The molecule has 1 unspecified atom stereocenters. The number of thioether (sulfide) groups is 1. The van der Waals surface area contributed by atoms with Crippen LogP contribution in [0.25, 0.3) is 0 Å². The van der Waals surface area contributed by atoms with Gasteiger partial charge in [0.15, 0.2) is 0 Å². The third-order valence-corrected chi connectivity index (χ3v) is 3.38. The van der Waals surface area contributed by atoms with Gasteiger partial charge in [0.2, 0.25) is 6.79 Å². The van der Waals surface area contributed by atoms with Gasteiger partial charge in [0, 0.05) is 5.75 Å². The molecule has 17 heavy (non-hydrogen) atoms. The molecule has 100 valence electrons. The van der Waals surface area contributed by atoms with Gasteiger partial charge >= 0.3 is 11.9 Å². The monoisotopic (exact) mass is 280 g/mol. The van der Waals surface area contributed by atoms with Crippen LogP contribution in [0.3, 0.4) is 0 Å². The number of rotatable bonds is 9. The summed E-state index contributed by atoms with van der Waals surface area (Å²) in [5.74, 6) is 0.617. The largest absolute Gasteiger partial charge is 0.428 e. The van der Waals surface area contributed by atoms with Crippen LogP contribution in [0.4, 0.5) is 0 Å². The van der Waals surface area contributed by atoms with Crippen LogP contribution >= 0.6 is 24.4 Å². The molecule has 0 spiro atoms. The zero-order valence-corrected chi connectivity index (χ0v) is 12.0. The minimum Gasteiger partial charge on any atom is -0.428 e. The van der Waals surface area contributed by atoms with Crippen LogP contribution in [-0.4, -0.2) is 35.5 Å². The summed E-state index contributed by atoms with van der Waals surface area (Å²) in [4.78, 5) is 22.4. The van der Waals surface area contributed by atoms with Crippen LogP contribution in [0.15, 0.2) is 0 Å². The summed E-state index contributed by atoms with van der Waals surface area (Å²) in [6.45, 7) is 3.59. The van der Waals surface area contributed by atoms with Crippen molar-refractivity contribution in [1.82, 2.24) is 0 Å². The maximum atomic E-state index is 11.4. The van der Waals surface area contributed by atoms with Gasteiger partial charge in [-0.05, 0) is 19.1 Å². The van der Waals surface area contributed by atoms with Gasteiger partial charge < -0.3 is 9.47 Å². The first-order chi connectivity index (χ1) is 8.11. The maximum absolute atomic E-state index is 11.4. The number of unbranched alkanes of at least 4 members (excludes halogenated alkanes) is 1. The van der Waals surface area contributed by atoms with Crippen molar-refractivity contribution in [3.05, 3.63) is 0 Å². The summed E-state index contributed by atoms with van der Waals surface area (Å²) >= 11 is 5.44. The molecule has 0 radical (unpaired) electrons. The Morgan fingerprint density at radius 2 is 2.06 bits per heavy atom. The summed E-state index contributed by atoms with van der Waals surface area (Å²) in [5, 5.41) is -0.217. The Balaban J connectivity index is 3.60. The van der Waals surface area contributed by atoms with E-state index in [0.717, 1.165) is 18.6 Å². The molecule has 0 saturated heterocycles. The standard InChI is InChI=1S/C11H20O4S2/c1-3-4-7-17-9(2)11(13)15-8-14-10(12)5-6-16/h9,16H,3-8H2,1-2H3. The number of hydrogen-bond acceptors (Lipinski definition) is 6. The quantitative estimate of drug-likeness (QED) is 0.304. The van der Waals surface area contributed by atoms with E-state index in [1.165, 1.54) is 0 Å². The zero-order valence-electron chi connectivity index (χ0n) is 10.3. The number of carbonyl (C=O) groups is 2. The summed E-state index contributed by atoms with van der Waals surface area (Å²) in [6, 6.07) is 0. The predicted molar refractivity (Wildman–Crippen MR) is 72.3 cm³/mol. The highest BCUT2D eigenvalue weighted by Crippen LogP contribution is 2.13. The number of carbonyl (C=O) groups excluding carboxylic acids is 2. The van der Waals surface area contributed by atoms with Crippen LogP contribution in [0.5, 0.6) is 0 Å². The molecular weight excluding hydrogens is 260 g/mol. The Kier molecular flexibility index (Phi) is 10.5. The lowest BCUT2D eigenvalue weighted by molar-refractivity contribution is -0.166. The van der Waals surface area contributed by atoms with Gasteiger partial charge in [0.05, 0.1) is 11.7 Å². The second kappa shape index (κ2) is 10.8. The zero-order chi connectivity index (χ0) is 13.1. The summed E-state index contributed by atoms with van der Waals surface area (Å²) in [6.07, 6.45) is 2.41. The first-order valence-electron chi connectivity index (χ1n) is 5.66. The SMILES string of the molecule is CCCCSC(C)C(=O)OCOC(=O)CCS. The third-order valence-electron chi connectivity index (χ3n) is 1.93. The molecule has 0 amide bonds. The average Bonchev–Trinajstić information content (AvgIpc) is 2.29. The smallest absolute Gasteiger partial charge is 0.321 e. The normalized spacial score (nSPS) is 11.9. The number of ether oxygens (including phenoxy) is 2. The molecule has 0 rings (SSSR count). The molecule has 0 fully saturated rings. The van der Waals surface area contributed by atoms with E-state index in [9.17, 15) is 9.59 Å². The van der Waals surface area contributed by atoms with E-state index < -0.39 is 5.97 Å². The Hall–Kier alpha value is -0.360. The van der Waals surface area contributed by atoms with Crippen LogP contribution in [0.2, 0.25) is 0 Å². The molecular formula is C11H20O4S2. The Labute approximate surface area is 112 Å². The van der Waals surface area contributed by atoms with Crippen molar-refractivity contribution in [2.75, 3.05) is 18.3 Å². The molecule has 0 N–H and O–H groups in total. The van der Waals surface area contributed by atoms with Crippen LogP contribution in [0, 0.1) is 0 Å². The molecule has 0 aromatic carbocycles. The molecule has 6 heteroatoms. The van der Waals surface area contributed by atoms with Crippen LogP contribution < -0.4 is 0 Å². The molecule has 0 bridgehead atoms. The second-order valence-corrected chi connectivity index (χ2v) is 5.33. The molecule has 0 aliphatic carbocycles. The summed E-state index contributed by atoms with van der Waals surface area (Å²) in [7, 11) is 0. The lowest BCUT2D eigenvalue weighted by Gasteiger charge is -2.10. The van der Waals surface area contributed by atoms with Crippen molar-refractivity contribution < 1.29 is 19.1 Å². The van der Waals surface area contributed by atoms with E-state index in [1.54, 1.807) is 18.7 Å². The number of hydrogen-bond donors (Lipinski definition) is 1. The van der Waals surface area contributed by atoms with Gasteiger partial charge in [-0.2, -0.15) is 12.6 Å². The fraction of sp³-hybridized carbons (Fsp3) is 0.818. The van der Waals surface area contributed by atoms with Crippen LogP contribution in [-0.2, 0) is 19.1 Å². The first-order valence-corrected chi connectivity index (χ1v) is 7.34. The fourth-order valence-electron chi connectivity index (χ4n) is 0.907. The van der Waals surface area contributed by atoms with Crippen molar-refractivity contribution in [3.63, 3.8) is 0 Å². The Morgan fingerprint density at radius 3 is 2.65 bits per heavy atom. The van der Waals surface area contributed by atoms with Gasteiger partial charge in [-0.3, -0.25) is 9.59 Å². The van der Waals surface area contributed by atoms with Crippen molar-refractivity contribution in [2.24, 2.45) is 0 Å². The Bertz CT molecular complexity index is 234. The van der Waals surface area contributed by atoms with Gasteiger partial charge in [-0.1, -0.05) is 13.3 Å². The van der Waals surface area contributed by atoms with E-state index in [4.69, 9.17) is 4.74 Å². The molecule has 0 aromatic heterocycles. The number of esters is 2. The molecule has 0 aliphatic heterocycles. The minimum atomic E-state index is -0.404. The highest BCUT2D eigenvalue weighted by Gasteiger charge is 2.15. The lowest BCUT2D eigenvalue weighted by Crippen LogP contribution is -2.20. The fourth-order valence-corrected chi connectivity index (χ4v) is 2.10. The van der Waals surface area contributed by atoms with E-state index in [-0.39, 0.29) is 24.4 Å². The van der Waals surface area contributed by atoms with E-state index in [2.05, 4.69) is 24.3 Å². The lowest BCUT2D eigenvalue weighted by atomic mass is 10.4. The van der Waals surface area contributed by atoms with Crippen molar-refractivity contribution in [1.29, 1.82) is 0 Å². The Morgan fingerprint density at radius 1 is 1.35 bits per heavy atom. The molecule has 0 aliphatic rings. The topological polar surface area (TPSA) is 52.6 Å². The van der Waals surface area contributed by atoms with E-state index in [0.29, 0.717) is 5.75 Å². The third kappa shape index (κ3) is 9.35. The molecule has 0 saturated carbocycles. The summed E-state index contributed by atoms with van der Waals surface area (Å²) < 4.78 is 9.51. The highest BCUT2D eigenvalue weighted by atomic mass is 32.2. The van der Waals surface area contributed by atoms with Gasteiger partial charge in [-0.25, -0.2) is 0 Å². The maximum Gasteiger partial charge on any atom is 0.321 e. The number of thiol groups is 1. The van der Waals surface area contributed by atoms with E-state index in [1.807, 2.05) is 0 Å². The van der Waals surface area contributed by atoms with Gasteiger partial charge in [0.1, 0.15) is 0 Å². The predicted octanol–water partition coefficient (Wildman–Crippen LogP) is 2.27. The van der Waals surface area contributed by atoms with Gasteiger partial charge in [0.25, 0.3) is 0 Å². The molecule has 4 nitrogen and oxygen atoms in total. The van der Waals surface area contributed by atoms with Crippen molar-refractivity contribution >= 4 is 36.3 Å².